The Hall–Kier alpha value is -1.12. The first-order valence-corrected chi connectivity index (χ1v) is 6.14. The summed E-state index contributed by atoms with van der Waals surface area (Å²) in [4.78, 5) is 0. The molecule has 0 amide bonds. The molecule has 0 aromatic heterocycles. The Balaban J connectivity index is 2.90. The zero-order chi connectivity index (χ0) is 12.7. The smallest absolute Gasteiger partial charge is 0.191 e. The van der Waals surface area contributed by atoms with Crippen LogP contribution in [0.4, 0.5) is 0 Å². The molecule has 0 aliphatic carbocycles. The van der Waals surface area contributed by atoms with Crippen molar-refractivity contribution in [3.05, 3.63) is 48.0 Å². The lowest BCUT2D eigenvalue weighted by molar-refractivity contribution is -0.229. The third-order valence-electron chi connectivity index (χ3n) is 2.70. The molecule has 0 aliphatic rings. The molecule has 0 N–H and O–H groups in total. The fourth-order valence-corrected chi connectivity index (χ4v) is 1.87. The van der Waals surface area contributed by atoms with Crippen molar-refractivity contribution in [2.24, 2.45) is 0 Å². The molecule has 0 unspecified atom stereocenters. The van der Waals surface area contributed by atoms with Gasteiger partial charge in [-0.3, -0.25) is 0 Å². The van der Waals surface area contributed by atoms with E-state index in [4.69, 9.17) is 9.47 Å². The molecule has 0 aliphatic heterocycles. The van der Waals surface area contributed by atoms with Crippen LogP contribution in [0.5, 0.6) is 0 Å². The van der Waals surface area contributed by atoms with E-state index in [1.54, 1.807) is 0 Å². The van der Waals surface area contributed by atoms with Crippen molar-refractivity contribution in [2.45, 2.75) is 33.0 Å². The molecule has 0 atom stereocenters. The van der Waals surface area contributed by atoms with Gasteiger partial charge >= 0.3 is 0 Å². The van der Waals surface area contributed by atoms with E-state index in [1.807, 2.05) is 26.8 Å². The molecule has 94 valence electrons. The predicted octanol–water partition coefficient (Wildman–Crippen LogP) is 3.66. The molecule has 17 heavy (non-hydrogen) atoms. The maximum Gasteiger partial charge on any atom is 0.191 e. The Morgan fingerprint density at radius 3 is 2.06 bits per heavy atom. The van der Waals surface area contributed by atoms with Crippen LogP contribution in [0, 0.1) is 0 Å². The van der Waals surface area contributed by atoms with Crippen molar-refractivity contribution >= 4 is 0 Å². The van der Waals surface area contributed by atoms with Gasteiger partial charge in [0, 0.05) is 18.8 Å². The Kier molecular flexibility index (Phi) is 5.39. The molecule has 0 saturated carbocycles. The summed E-state index contributed by atoms with van der Waals surface area (Å²) in [5, 5.41) is 0. The normalized spacial score (nSPS) is 11.5. The second-order valence-corrected chi connectivity index (χ2v) is 4.00. The largest absolute Gasteiger partial charge is 0.346 e. The molecule has 0 radical (unpaired) electrons. The number of allylic oxidation sites excluding steroid dienone is 1. The van der Waals surface area contributed by atoms with E-state index in [1.165, 1.54) is 5.56 Å². The van der Waals surface area contributed by atoms with Gasteiger partial charge in [-0.25, -0.2) is 0 Å². The lowest BCUT2D eigenvalue weighted by Crippen LogP contribution is -2.29. The van der Waals surface area contributed by atoms with Crippen molar-refractivity contribution in [3.8, 4) is 0 Å². The van der Waals surface area contributed by atoms with Crippen LogP contribution >= 0.6 is 0 Å². The number of benzene rings is 1. The number of ether oxygens (including phenoxy) is 2. The molecular weight excluding hydrogens is 212 g/mol. The maximum absolute atomic E-state index is 5.71. The van der Waals surface area contributed by atoms with E-state index < -0.39 is 5.79 Å². The van der Waals surface area contributed by atoms with Crippen molar-refractivity contribution in [2.75, 3.05) is 13.2 Å². The van der Waals surface area contributed by atoms with Crippen LogP contribution in [0.25, 0.3) is 0 Å². The summed E-state index contributed by atoms with van der Waals surface area (Å²) in [6, 6.07) is 8.30. The fraction of sp³-hybridized carbons (Fsp3) is 0.467. The van der Waals surface area contributed by atoms with E-state index in [9.17, 15) is 0 Å². The molecule has 1 aromatic carbocycles. The van der Waals surface area contributed by atoms with E-state index >= 15 is 0 Å². The van der Waals surface area contributed by atoms with Crippen molar-refractivity contribution < 1.29 is 9.47 Å². The van der Waals surface area contributed by atoms with Crippen LogP contribution in [-0.4, -0.2) is 13.2 Å². The first-order valence-electron chi connectivity index (χ1n) is 6.14. The van der Waals surface area contributed by atoms with Crippen LogP contribution < -0.4 is 0 Å². The summed E-state index contributed by atoms with van der Waals surface area (Å²) in [6.07, 6.45) is 2.79. The van der Waals surface area contributed by atoms with Gasteiger partial charge in [0.1, 0.15) is 0 Å². The lowest BCUT2D eigenvalue weighted by Gasteiger charge is -2.29. The molecule has 0 saturated heterocycles. The summed E-state index contributed by atoms with van der Waals surface area (Å²) < 4.78 is 11.4. The van der Waals surface area contributed by atoms with Crippen LogP contribution in [0.1, 0.15) is 31.9 Å². The van der Waals surface area contributed by atoms with Crippen LogP contribution in [0.15, 0.2) is 36.9 Å². The van der Waals surface area contributed by atoms with Gasteiger partial charge in [0.25, 0.3) is 0 Å². The summed E-state index contributed by atoms with van der Waals surface area (Å²) in [6.45, 7) is 10.9. The molecule has 0 fully saturated rings. The van der Waals surface area contributed by atoms with Gasteiger partial charge in [-0.05, 0) is 32.8 Å². The van der Waals surface area contributed by atoms with Crippen LogP contribution in [-0.2, 0) is 21.7 Å². The topological polar surface area (TPSA) is 18.5 Å². The third-order valence-corrected chi connectivity index (χ3v) is 2.70. The van der Waals surface area contributed by atoms with Gasteiger partial charge in [0.2, 0.25) is 0 Å². The molecule has 0 spiro atoms. The first-order chi connectivity index (χ1) is 8.16. The quantitative estimate of drug-likeness (QED) is 0.529. The number of hydrogen-bond acceptors (Lipinski definition) is 2. The highest BCUT2D eigenvalue weighted by Gasteiger charge is 2.27. The molecule has 1 rings (SSSR count). The Morgan fingerprint density at radius 1 is 1.12 bits per heavy atom. The summed E-state index contributed by atoms with van der Waals surface area (Å²) in [5.74, 6) is -0.643. The van der Waals surface area contributed by atoms with Crippen LogP contribution in [0.3, 0.4) is 0 Å². The standard InChI is InChI=1S/C15H22O2/c1-5-8-13-9-11-14(12-10-13)15(4,16-6-2)17-7-3/h5,9-12H,1,6-8H2,2-4H3. The zero-order valence-electron chi connectivity index (χ0n) is 11.0. The summed E-state index contributed by atoms with van der Waals surface area (Å²) in [5.41, 5.74) is 2.30. The van der Waals surface area contributed by atoms with Gasteiger partial charge in [-0.1, -0.05) is 30.3 Å². The highest BCUT2D eigenvalue weighted by Crippen LogP contribution is 2.27. The first kappa shape index (κ1) is 13.9. The maximum atomic E-state index is 5.71. The van der Waals surface area contributed by atoms with Crippen LogP contribution in [0.2, 0.25) is 0 Å². The Bertz CT molecular complexity index is 334. The van der Waals surface area contributed by atoms with Gasteiger partial charge < -0.3 is 9.47 Å². The minimum atomic E-state index is -0.643. The minimum Gasteiger partial charge on any atom is -0.346 e. The highest BCUT2D eigenvalue weighted by molar-refractivity contribution is 5.26. The van der Waals surface area contributed by atoms with E-state index in [0.717, 1.165) is 12.0 Å². The zero-order valence-corrected chi connectivity index (χ0v) is 11.0. The van der Waals surface area contributed by atoms with Crippen molar-refractivity contribution in [1.29, 1.82) is 0 Å². The Labute approximate surface area is 104 Å². The SMILES string of the molecule is C=CCc1ccc(C(C)(OCC)OCC)cc1. The minimum absolute atomic E-state index is 0.630. The molecule has 0 bridgehead atoms. The predicted molar refractivity (Wildman–Crippen MR) is 70.9 cm³/mol. The fourth-order valence-electron chi connectivity index (χ4n) is 1.87. The van der Waals surface area contributed by atoms with Gasteiger partial charge in [-0.2, -0.15) is 0 Å². The lowest BCUT2D eigenvalue weighted by atomic mass is 10.0. The van der Waals surface area contributed by atoms with Crippen molar-refractivity contribution in [3.63, 3.8) is 0 Å². The van der Waals surface area contributed by atoms with E-state index in [0.29, 0.717) is 13.2 Å². The van der Waals surface area contributed by atoms with E-state index in [2.05, 4.69) is 30.8 Å². The summed E-state index contributed by atoms with van der Waals surface area (Å²) in [7, 11) is 0. The van der Waals surface area contributed by atoms with Gasteiger partial charge in [-0.15, -0.1) is 6.58 Å². The second kappa shape index (κ2) is 6.58. The Morgan fingerprint density at radius 2 is 1.65 bits per heavy atom. The molecule has 0 heterocycles. The van der Waals surface area contributed by atoms with Gasteiger partial charge in [0.15, 0.2) is 5.79 Å². The summed E-state index contributed by atoms with van der Waals surface area (Å²) >= 11 is 0. The second-order valence-electron chi connectivity index (χ2n) is 4.00. The number of rotatable bonds is 7. The molecule has 2 heteroatoms. The number of hydrogen-bond donors (Lipinski definition) is 0. The highest BCUT2D eigenvalue weighted by atomic mass is 16.7. The van der Waals surface area contributed by atoms with Gasteiger partial charge in [0.05, 0.1) is 0 Å². The van der Waals surface area contributed by atoms with Crippen molar-refractivity contribution in [1.82, 2.24) is 0 Å². The monoisotopic (exact) mass is 234 g/mol. The average Bonchev–Trinajstić information content (AvgIpc) is 2.31. The average molecular weight is 234 g/mol. The van der Waals surface area contributed by atoms with E-state index in [-0.39, 0.29) is 0 Å². The molecule has 2 nitrogen and oxygen atoms in total. The molecular formula is C15H22O2. The third kappa shape index (κ3) is 3.69. The molecule has 1 aromatic rings.